The predicted octanol–water partition coefficient (Wildman–Crippen LogP) is 0.0258. The summed E-state index contributed by atoms with van der Waals surface area (Å²) in [6, 6.07) is 0.115. The number of hydrogen-bond donors (Lipinski definition) is 1. The van der Waals surface area contributed by atoms with Crippen molar-refractivity contribution in [3.05, 3.63) is 0 Å². The maximum Gasteiger partial charge on any atom is 0.282 e. The Morgan fingerprint density at radius 2 is 2.11 bits per heavy atom. The lowest BCUT2D eigenvalue weighted by Crippen LogP contribution is -2.55. The van der Waals surface area contributed by atoms with Crippen molar-refractivity contribution in [3.63, 3.8) is 0 Å². The van der Waals surface area contributed by atoms with E-state index in [-0.39, 0.29) is 12.1 Å². The third-order valence-electron chi connectivity index (χ3n) is 3.90. The van der Waals surface area contributed by atoms with Crippen LogP contribution in [0.5, 0.6) is 0 Å². The van der Waals surface area contributed by atoms with Crippen molar-refractivity contribution in [1.29, 1.82) is 0 Å². The van der Waals surface area contributed by atoms with E-state index < -0.39 is 10.2 Å². The van der Waals surface area contributed by atoms with Crippen LogP contribution in [0.1, 0.15) is 26.2 Å². The van der Waals surface area contributed by atoms with Crippen LogP contribution in [0, 0.1) is 0 Å². The summed E-state index contributed by atoms with van der Waals surface area (Å²) in [7, 11) is -1.48. The predicted molar refractivity (Wildman–Crippen MR) is 74.2 cm³/mol. The fraction of sp³-hybridized carbons (Fsp3) is 1.00. The minimum absolute atomic E-state index is 0.0476. The van der Waals surface area contributed by atoms with E-state index in [0.29, 0.717) is 32.8 Å². The second-order valence-corrected chi connectivity index (χ2v) is 7.25. The summed E-state index contributed by atoms with van der Waals surface area (Å²) < 4.78 is 34.2. The number of rotatable bonds is 4. The summed E-state index contributed by atoms with van der Waals surface area (Å²) in [5, 5.41) is 3.04. The zero-order chi connectivity index (χ0) is 13.9. The van der Waals surface area contributed by atoms with Crippen molar-refractivity contribution in [3.8, 4) is 0 Å². The maximum absolute atomic E-state index is 12.7. The molecule has 2 atom stereocenters. The van der Waals surface area contributed by atoms with Crippen molar-refractivity contribution in [2.45, 2.75) is 38.3 Å². The molecule has 0 spiro atoms. The first-order valence-corrected chi connectivity index (χ1v) is 8.48. The van der Waals surface area contributed by atoms with Crippen LogP contribution in [0.2, 0.25) is 0 Å². The van der Waals surface area contributed by atoms with E-state index in [2.05, 4.69) is 5.32 Å². The Balaban J connectivity index is 2.05. The average Bonchev–Trinajstić information content (AvgIpc) is 2.40. The van der Waals surface area contributed by atoms with Gasteiger partial charge < -0.3 is 10.1 Å². The first kappa shape index (κ1) is 15.2. The van der Waals surface area contributed by atoms with Crippen LogP contribution in [0.15, 0.2) is 0 Å². The molecule has 2 rings (SSSR count). The van der Waals surface area contributed by atoms with Crippen LogP contribution < -0.4 is 5.32 Å². The first-order valence-electron chi connectivity index (χ1n) is 7.09. The summed E-state index contributed by atoms with van der Waals surface area (Å²) >= 11 is 0. The molecule has 0 amide bonds. The molecule has 0 aromatic rings. The molecule has 6 nitrogen and oxygen atoms in total. The minimum atomic E-state index is -3.33. The van der Waals surface area contributed by atoms with Gasteiger partial charge in [-0.2, -0.15) is 17.0 Å². The lowest BCUT2D eigenvalue weighted by molar-refractivity contribution is -0.00164. The molecule has 2 unspecified atom stereocenters. The van der Waals surface area contributed by atoms with Gasteiger partial charge in [0.1, 0.15) is 0 Å². The van der Waals surface area contributed by atoms with Crippen molar-refractivity contribution in [1.82, 2.24) is 13.9 Å². The summed E-state index contributed by atoms with van der Waals surface area (Å²) in [6.45, 7) is 4.73. The SMILES string of the molecule is CNCC1CN(S(=O)(=O)N2CCCCC2C)CCO1. The van der Waals surface area contributed by atoms with Crippen molar-refractivity contribution in [2.75, 3.05) is 39.8 Å². The number of piperidine rings is 1. The highest BCUT2D eigenvalue weighted by atomic mass is 32.2. The summed E-state index contributed by atoms with van der Waals surface area (Å²) in [5.41, 5.74) is 0. The van der Waals surface area contributed by atoms with Crippen molar-refractivity contribution >= 4 is 10.2 Å². The molecule has 2 aliphatic heterocycles. The van der Waals surface area contributed by atoms with E-state index in [1.54, 1.807) is 8.61 Å². The number of nitrogens with zero attached hydrogens (tertiary/aromatic N) is 2. The van der Waals surface area contributed by atoms with Gasteiger partial charge in [0.25, 0.3) is 10.2 Å². The zero-order valence-electron chi connectivity index (χ0n) is 11.8. The normalized spacial score (nSPS) is 31.5. The largest absolute Gasteiger partial charge is 0.374 e. The molecule has 2 aliphatic rings. The molecule has 7 heteroatoms. The number of nitrogens with one attached hydrogen (secondary N) is 1. The Hall–Kier alpha value is -0.210. The van der Waals surface area contributed by atoms with E-state index in [4.69, 9.17) is 4.74 Å². The summed E-state index contributed by atoms with van der Waals surface area (Å²) in [4.78, 5) is 0. The Kier molecular flexibility index (Phi) is 5.19. The highest BCUT2D eigenvalue weighted by Crippen LogP contribution is 2.23. The molecule has 0 bridgehead atoms. The van der Waals surface area contributed by atoms with E-state index in [0.717, 1.165) is 19.3 Å². The molecular weight excluding hydrogens is 266 g/mol. The Labute approximate surface area is 116 Å². The Morgan fingerprint density at radius 3 is 2.79 bits per heavy atom. The third-order valence-corrected chi connectivity index (χ3v) is 6.02. The molecular formula is C12H25N3O3S. The van der Waals surface area contributed by atoms with Crippen molar-refractivity contribution in [2.24, 2.45) is 0 Å². The molecule has 2 heterocycles. The second-order valence-electron chi connectivity index (χ2n) is 5.37. The third kappa shape index (κ3) is 3.46. The number of morpholine rings is 1. The molecule has 112 valence electrons. The van der Waals surface area contributed by atoms with Gasteiger partial charge in [0.2, 0.25) is 0 Å². The van der Waals surface area contributed by atoms with E-state index >= 15 is 0 Å². The molecule has 0 radical (unpaired) electrons. The molecule has 0 aliphatic carbocycles. The van der Waals surface area contributed by atoms with Crippen LogP contribution in [0.25, 0.3) is 0 Å². The minimum Gasteiger partial charge on any atom is -0.374 e. The second kappa shape index (κ2) is 6.49. The molecule has 0 saturated carbocycles. The van der Waals surface area contributed by atoms with Gasteiger partial charge in [-0.15, -0.1) is 0 Å². The van der Waals surface area contributed by atoms with Gasteiger partial charge in [-0.25, -0.2) is 0 Å². The lowest BCUT2D eigenvalue weighted by Gasteiger charge is -2.39. The summed E-state index contributed by atoms with van der Waals surface area (Å²) in [5.74, 6) is 0. The van der Waals surface area contributed by atoms with Crippen molar-refractivity contribution < 1.29 is 13.2 Å². The number of ether oxygens (including phenoxy) is 1. The molecule has 2 saturated heterocycles. The molecule has 1 N–H and O–H groups in total. The van der Waals surface area contributed by atoms with Gasteiger partial charge in [0, 0.05) is 32.2 Å². The van der Waals surface area contributed by atoms with E-state index in [1.165, 1.54) is 0 Å². The molecule has 2 fully saturated rings. The molecule has 0 aromatic heterocycles. The summed E-state index contributed by atoms with van der Waals surface area (Å²) in [6.07, 6.45) is 3.00. The quantitative estimate of drug-likeness (QED) is 0.793. The lowest BCUT2D eigenvalue weighted by atomic mass is 10.1. The van der Waals surface area contributed by atoms with Gasteiger partial charge in [-0.1, -0.05) is 6.42 Å². The maximum atomic E-state index is 12.7. The van der Waals surface area contributed by atoms with Gasteiger partial charge in [-0.05, 0) is 26.8 Å². The van der Waals surface area contributed by atoms with Crippen LogP contribution in [-0.4, -0.2) is 69.0 Å². The fourth-order valence-corrected chi connectivity index (χ4v) is 4.69. The van der Waals surface area contributed by atoms with Crippen LogP contribution in [0.3, 0.4) is 0 Å². The van der Waals surface area contributed by atoms with Gasteiger partial charge in [0.15, 0.2) is 0 Å². The molecule has 0 aromatic carbocycles. The monoisotopic (exact) mass is 291 g/mol. The van der Waals surface area contributed by atoms with Crippen LogP contribution in [-0.2, 0) is 14.9 Å². The first-order chi connectivity index (χ1) is 9.05. The zero-order valence-corrected chi connectivity index (χ0v) is 12.7. The van der Waals surface area contributed by atoms with E-state index in [9.17, 15) is 8.42 Å². The smallest absolute Gasteiger partial charge is 0.282 e. The van der Waals surface area contributed by atoms with Gasteiger partial charge in [-0.3, -0.25) is 0 Å². The number of hydrogen-bond acceptors (Lipinski definition) is 4. The average molecular weight is 291 g/mol. The topological polar surface area (TPSA) is 61.9 Å². The Bertz CT molecular complexity index is 386. The van der Waals surface area contributed by atoms with Crippen LogP contribution >= 0.6 is 0 Å². The standard InChI is InChI=1S/C12H25N3O3S/c1-11-5-3-4-6-15(11)19(16,17)14-7-8-18-12(10-14)9-13-2/h11-13H,3-10H2,1-2H3. The highest BCUT2D eigenvalue weighted by molar-refractivity contribution is 7.86. The van der Waals surface area contributed by atoms with Gasteiger partial charge in [0.05, 0.1) is 12.7 Å². The Morgan fingerprint density at radius 1 is 1.32 bits per heavy atom. The number of likely N-dealkylation sites (N-methyl/N-ethyl adjacent to an activating group) is 1. The highest BCUT2D eigenvalue weighted by Gasteiger charge is 2.37. The molecule has 19 heavy (non-hydrogen) atoms. The van der Waals surface area contributed by atoms with Crippen LogP contribution in [0.4, 0.5) is 0 Å². The van der Waals surface area contributed by atoms with Gasteiger partial charge >= 0.3 is 0 Å². The van der Waals surface area contributed by atoms with E-state index in [1.807, 2.05) is 14.0 Å². The fourth-order valence-electron chi connectivity index (χ4n) is 2.82.